The molecule has 1 saturated carbocycles. The molecule has 0 radical (unpaired) electrons. The van der Waals surface area contributed by atoms with Crippen molar-refractivity contribution in [1.82, 2.24) is 4.98 Å². The molecule has 1 aliphatic carbocycles. The summed E-state index contributed by atoms with van der Waals surface area (Å²) < 4.78 is 0. The van der Waals surface area contributed by atoms with Crippen molar-refractivity contribution < 1.29 is 4.79 Å². The van der Waals surface area contributed by atoms with Crippen LogP contribution in [0.5, 0.6) is 0 Å². The first-order valence-electron chi connectivity index (χ1n) is 6.49. The molecule has 1 amide bonds. The Bertz CT molecular complexity index is 432. The lowest BCUT2D eigenvalue weighted by Gasteiger charge is -2.35. The molecular formula is C14H21N3O. The molecule has 0 aliphatic heterocycles. The second kappa shape index (κ2) is 4.96. The molecule has 1 heterocycles. The fraction of sp³-hybridized carbons (Fsp3) is 0.571. The lowest BCUT2D eigenvalue weighted by Crippen LogP contribution is -2.31. The number of nitrogens with two attached hydrogens (primary N) is 1. The van der Waals surface area contributed by atoms with Crippen LogP contribution in [0, 0.1) is 5.41 Å². The van der Waals surface area contributed by atoms with E-state index in [4.69, 9.17) is 5.73 Å². The molecule has 1 aromatic heterocycles. The molecule has 18 heavy (non-hydrogen) atoms. The van der Waals surface area contributed by atoms with Crippen LogP contribution in [-0.4, -0.2) is 16.9 Å². The second-order valence-electron chi connectivity index (χ2n) is 5.85. The van der Waals surface area contributed by atoms with Crippen LogP contribution in [0.15, 0.2) is 18.3 Å². The van der Waals surface area contributed by atoms with Crippen LogP contribution in [0.3, 0.4) is 0 Å². The Hall–Kier alpha value is -1.58. The summed E-state index contributed by atoms with van der Waals surface area (Å²) in [5.74, 6) is 0.191. The number of nitrogens with one attached hydrogen (secondary N) is 1. The zero-order valence-corrected chi connectivity index (χ0v) is 11.1. The van der Waals surface area contributed by atoms with Gasteiger partial charge in [-0.05, 0) is 43.2 Å². The predicted molar refractivity (Wildman–Crippen MR) is 72.4 cm³/mol. The minimum absolute atomic E-state index is 0.394. The zero-order chi connectivity index (χ0) is 13.2. The fourth-order valence-electron chi connectivity index (χ4n) is 2.46. The number of rotatable bonds is 3. The third kappa shape index (κ3) is 3.00. The summed E-state index contributed by atoms with van der Waals surface area (Å²) in [5, 5.41) is 3.36. The van der Waals surface area contributed by atoms with Gasteiger partial charge in [0.15, 0.2) is 0 Å². The van der Waals surface area contributed by atoms with Crippen LogP contribution < -0.4 is 11.1 Å². The van der Waals surface area contributed by atoms with Gasteiger partial charge in [0.2, 0.25) is 0 Å². The summed E-state index contributed by atoms with van der Waals surface area (Å²) in [5.41, 5.74) is 6.26. The molecule has 1 fully saturated rings. The van der Waals surface area contributed by atoms with Gasteiger partial charge in [0.05, 0.1) is 5.56 Å². The summed E-state index contributed by atoms with van der Waals surface area (Å²) in [7, 11) is 0. The number of primary amides is 1. The van der Waals surface area contributed by atoms with Gasteiger partial charge in [-0.1, -0.05) is 13.8 Å². The lowest BCUT2D eigenvalue weighted by atomic mass is 9.75. The predicted octanol–water partition coefficient (Wildman–Crippen LogP) is 2.56. The first kappa shape index (κ1) is 12.9. The fourth-order valence-corrected chi connectivity index (χ4v) is 2.46. The topological polar surface area (TPSA) is 68.0 Å². The number of carbonyl (C=O) groups excluding carboxylic acids is 1. The van der Waals surface area contributed by atoms with Crippen LogP contribution in [0.1, 0.15) is 49.9 Å². The van der Waals surface area contributed by atoms with Gasteiger partial charge in [0.25, 0.3) is 5.91 Å². The monoisotopic (exact) mass is 247 g/mol. The molecule has 0 aromatic carbocycles. The number of aromatic nitrogens is 1. The van der Waals surface area contributed by atoms with Crippen LogP contribution in [0.4, 0.5) is 5.82 Å². The van der Waals surface area contributed by atoms with Crippen molar-refractivity contribution in [2.75, 3.05) is 5.32 Å². The molecule has 0 saturated heterocycles. The van der Waals surface area contributed by atoms with Gasteiger partial charge in [-0.2, -0.15) is 0 Å². The molecule has 1 aromatic rings. The summed E-state index contributed by atoms with van der Waals surface area (Å²) in [6, 6.07) is 3.84. The van der Waals surface area contributed by atoms with E-state index in [-0.39, 0.29) is 0 Å². The number of carbonyl (C=O) groups is 1. The third-order valence-corrected chi connectivity index (χ3v) is 3.75. The molecule has 4 heteroatoms. The van der Waals surface area contributed by atoms with Crippen LogP contribution in [0.2, 0.25) is 0 Å². The summed E-state index contributed by atoms with van der Waals surface area (Å²) in [4.78, 5) is 15.5. The van der Waals surface area contributed by atoms with Crippen molar-refractivity contribution in [3.8, 4) is 0 Å². The summed E-state index contributed by atoms with van der Waals surface area (Å²) in [6.07, 6.45) is 6.30. The van der Waals surface area contributed by atoms with E-state index in [0.717, 1.165) is 12.8 Å². The lowest BCUT2D eigenvalue weighted by molar-refractivity contribution is 0.100. The highest BCUT2D eigenvalue weighted by Gasteiger charge is 2.27. The van der Waals surface area contributed by atoms with Gasteiger partial charge in [0.1, 0.15) is 5.82 Å². The van der Waals surface area contributed by atoms with Gasteiger partial charge in [0, 0.05) is 12.2 Å². The zero-order valence-electron chi connectivity index (χ0n) is 11.1. The summed E-state index contributed by atoms with van der Waals surface area (Å²) >= 11 is 0. The third-order valence-electron chi connectivity index (χ3n) is 3.75. The van der Waals surface area contributed by atoms with Crippen molar-refractivity contribution in [1.29, 1.82) is 0 Å². The van der Waals surface area contributed by atoms with Crippen molar-refractivity contribution >= 4 is 11.7 Å². The minimum Gasteiger partial charge on any atom is -0.367 e. The van der Waals surface area contributed by atoms with Crippen LogP contribution in [-0.2, 0) is 0 Å². The number of nitrogens with zero attached hydrogens (tertiary/aromatic N) is 1. The maximum absolute atomic E-state index is 11.3. The number of hydrogen-bond acceptors (Lipinski definition) is 3. The Morgan fingerprint density at radius 2 is 2.11 bits per heavy atom. The van der Waals surface area contributed by atoms with E-state index >= 15 is 0 Å². The average Bonchev–Trinajstić information content (AvgIpc) is 2.32. The molecule has 3 N–H and O–H groups in total. The highest BCUT2D eigenvalue weighted by Crippen LogP contribution is 2.36. The Labute approximate surface area is 108 Å². The average molecular weight is 247 g/mol. The molecular weight excluding hydrogens is 226 g/mol. The molecule has 4 nitrogen and oxygen atoms in total. The van der Waals surface area contributed by atoms with Crippen molar-refractivity contribution in [3.63, 3.8) is 0 Å². The maximum atomic E-state index is 11.3. The van der Waals surface area contributed by atoms with E-state index in [2.05, 4.69) is 24.1 Å². The standard InChI is InChI=1S/C14H21N3O/c1-14(2)7-5-10(6-8-14)17-13-11(12(15)18)4-3-9-16-13/h3-4,9-10H,5-8H2,1-2H3,(H2,15,18)(H,16,17). The van der Waals surface area contributed by atoms with E-state index in [1.165, 1.54) is 12.8 Å². The van der Waals surface area contributed by atoms with E-state index in [1.54, 1.807) is 18.3 Å². The smallest absolute Gasteiger partial charge is 0.252 e. The largest absolute Gasteiger partial charge is 0.367 e. The van der Waals surface area contributed by atoms with Crippen molar-refractivity contribution in [2.24, 2.45) is 11.1 Å². The van der Waals surface area contributed by atoms with E-state index in [0.29, 0.717) is 22.8 Å². The molecule has 0 bridgehead atoms. The van der Waals surface area contributed by atoms with Crippen LogP contribution >= 0.6 is 0 Å². The van der Waals surface area contributed by atoms with Crippen LogP contribution in [0.25, 0.3) is 0 Å². The number of amides is 1. The first-order chi connectivity index (χ1) is 8.48. The normalized spacial score (nSPS) is 19.4. The number of anilines is 1. The quantitative estimate of drug-likeness (QED) is 0.862. The molecule has 0 unspecified atom stereocenters. The van der Waals surface area contributed by atoms with E-state index in [1.807, 2.05) is 0 Å². The number of hydrogen-bond donors (Lipinski definition) is 2. The van der Waals surface area contributed by atoms with Crippen molar-refractivity contribution in [2.45, 2.75) is 45.6 Å². The first-order valence-corrected chi connectivity index (χ1v) is 6.49. The Balaban J connectivity index is 2.04. The molecule has 1 aliphatic rings. The van der Waals surface area contributed by atoms with E-state index in [9.17, 15) is 4.79 Å². The van der Waals surface area contributed by atoms with Gasteiger partial charge in [-0.15, -0.1) is 0 Å². The van der Waals surface area contributed by atoms with Gasteiger partial charge in [-0.25, -0.2) is 4.98 Å². The summed E-state index contributed by atoms with van der Waals surface area (Å²) in [6.45, 7) is 4.61. The van der Waals surface area contributed by atoms with Gasteiger partial charge in [-0.3, -0.25) is 4.79 Å². The Morgan fingerprint density at radius 1 is 1.44 bits per heavy atom. The number of pyridine rings is 1. The Kier molecular flexibility index (Phi) is 3.55. The maximum Gasteiger partial charge on any atom is 0.252 e. The second-order valence-corrected chi connectivity index (χ2v) is 5.85. The highest BCUT2D eigenvalue weighted by molar-refractivity contribution is 5.97. The highest BCUT2D eigenvalue weighted by atomic mass is 16.1. The van der Waals surface area contributed by atoms with Gasteiger partial charge < -0.3 is 11.1 Å². The van der Waals surface area contributed by atoms with Crippen molar-refractivity contribution in [3.05, 3.63) is 23.9 Å². The molecule has 0 spiro atoms. The molecule has 98 valence electrons. The Morgan fingerprint density at radius 3 is 2.72 bits per heavy atom. The SMILES string of the molecule is CC1(C)CCC(Nc2ncccc2C(N)=O)CC1. The van der Waals surface area contributed by atoms with Gasteiger partial charge >= 0.3 is 0 Å². The molecule has 0 atom stereocenters. The van der Waals surface area contributed by atoms with E-state index < -0.39 is 5.91 Å². The molecule has 2 rings (SSSR count). The minimum atomic E-state index is -0.429.